The zero-order valence-electron chi connectivity index (χ0n) is 8.40. The number of ether oxygens (including phenoxy) is 2. The van der Waals surface area contributed by atoms with Crippen LogP contribution in [0.2, 0.25) is 0 Å². The number of phenolic OH excluding ortho intramolecular Hbond substituents is 1. The molecule has 0 amide bonds. The first-order valence-corrected chi connectivity index (χ1v) is 4.54. The van der Waals surface area contributed by atoms with Gasteiger partial charge in [-0.1, -0.05) is 0 Å². The van der Waals surface area contributed by atoms with Gasteiger partial charge in [0.25, 0.3) is 0 Å². The van der Waals surface area contributed by atoms with Gasteiger partial charge in [0, 0.05) is 6.04 Å². The number of hydrogen-bond donors (Lipinski definition) is 2. The second-order valence-corrected chi connectivity index (χ2v) is 3.53. The Hall–Kier alpha value is -1.13. The molecule has 84 valence electrons. The van der Waals surface area contributed by atoms with Crippen LogP contribution in [0.3, 0.4) is 0 Å². The lowest BCUT2D eigenvalue weighted by Gasteiger charge is -2.07. The van der Waals surface area contributed by atoms with Gasteiger partial charge in [0.1, 0.15) is 0 Å². The molecule has 0 bridgehead atoms. The maximum absolute atomic E-state index is 9.58. The fraction of sp³-hybridized carbons (Fsp3) is 0.400. The Morgan fingerprint density at radius 1 is 1.47 bits per heavy atom. The molecule has 1 aliphatic rings. The lowest BCUT2D eigenvalue weighted by Crippen LogP contribution is -2.17. The molecule has 1 heterocycles. The zero-order valence-corrected chi connectivity index (χ0v) is 9.21. The summed E-state index contributed by atoms with van der Waals surface area (Å²) < 4.78 is 10.3. The predicted molar refractivity (Wildman–Crippen MR) is 58.8 cm³/mol. The molecule has 5 heteroatoms. The molecular formula is C10H14ClNO3. The van der Waals surface area contributed by atoms with Crippen molar-refractivity contribution in [3.8, 4) is 17.2 Å². The van der Waals surface area contributed by atoms with E-state index in [1.54, 1.807) is 6.07 Å². The summed E-state index contributed by atoms with van der Waals surface area (Å²) in [6.45, 7) is 2.09. The first kappa shape index (κ1) is 11.9. The van der Waals surface area contributed by atoms with Crippen molar-refractivity contribution in [3.63, 3.8) is 0 Å². The van der Waals surface area contributed by atoms with Crippen LogP contribution in [0.1, 0.15) is 12.5 Å². The number of hydrogen-bond acceptors (Lipinski definition) is 4. The van der Waals surface area contributed by atoms with Crippen molar-refractivity contribution in [1.29, 1.82) is 0 Å². The van der Waals surface area contributed by atoms with E-state index in [0.717, 1.165) is 5.56 Å². The molecular weight excluding hydrogens is 218 g/mol. The van der Waals surface area contributed by atoms with Gasteiger partial charge in [-0.05, 0) is 31.0 Å². The summed E-state index contributed by atoms with van der Waals surface area (Å²) >= 11 is 0. The number of fused-ring (bicyclic) bond motifs is 1. The Morgan fingerprint density at radius 2 is 2.20 bits per heavy atom. The number of benzene rings is 1. The Labute approximate surface area is 94.4 Å². The van der Waals surface area contributed by atoms with Gasteiger partial charge >= 0.3 is 0 Å². The SMILES string of the molecule is C[C@@H](N)Cc1cc(O)c2c(c1)OCO2.Cl. The summed E-state index contributed by atoms with van der Waals surface area (Å²) in [5, 5.41) is 9.58. The van der Waals surface area contributed by atoms with E-state index in [2.05, 4.69) is 0 Å². The lowest BCUT2D eigenvalue weighted by atomic mass is 10.1. The summed E-state index contributed by atoms with van der Waals surface area (Å²) in [6, 6.07) is 3.58. The van der Waals surface area contributed by atoms with Gasteiger partial charge in [-0.25, -0.2) is 0 Å². The van der Waals surface area contributed by atoms with E-state index in [1.165, 1.54) is 0 Å². The van der Waals surface area contributed by atoms with Crippen molar-refractivity contribution in [2.75, 3.05) is 6.79 Å². The molecule has 0 aromatic heterocycles. The highest BCUT2D eigenvalue weighted by atomic mass is 35.5. The smallest absolute Gasteiger partial charge is 0.231 e. The van der Waals surface area contributed by atoms with Crippen LogP contribution in [0.4, 0.5) is 0 Å². The Morgan fingerprint density at radius 3 is 2.87 bits per heavy atom. The number of aromatic hydroxyl groups is 1. The summed E-state index contributed by atoms with van der Waals surface area (Å²) in [4.78, 5) is 0. The van der Waals surface area contributed by atoms with E-state index in [0.29, 0.717) is 17.9 Å². The van der Waals surface area contributed by atoms with Gasteiger partial charge in [0.05, 0.1) is 0 Å². The largest absolute Gasteiger partial charge is 0.504 e. The molecule has 0 radical (unpaired) electrons. The third kappa shape index (κ3) is 2.46. The Kier molecular flexibility index (Phi) is 3.66. The standard InChI is InChI=1S/C10H13NO3.ClH/c1-6(11)2-7-3-8(12)10-9(4-7)13-5-14-10;/h3-4,6,12H,2,5,11H2,1H3;1H/t6-;/m1./s1. The monoisotopic (exact) mass is 231 g/mol. The van der Waals surface area contributed by atoms with Crippen molar-refractivity contribution in [2.24, 2.45) is 5.73 Å². The van der Waals surface area contributed by atoms with Crippen LogP contribution in [0, 0.1) is 0 Å². The third-order valence-corrected chi connectivity index (χ3v) is 2.07. The highest BCUT2D eigenvalue weighted by Gasteiger charge is 2.18. The fourth-order valence-corrected chi connectivity index (χ4v) is 1.54. The van der Waals surface area contributed by atoms with Gasteiger partial charge in [0.15, 0.2) is 11.5 Å². The minimum atomic E-state index is 0. The van der Waals surface area contributed by atoms with E-state index >= 15 is 0 Å². The van der Waals surface area contributed by atoms with Gasteiger partial charge in [-0.15, -0.1) is 12.4 Å². The second-order valence-electron chi connectivity index (χ2n) is 3.53. The quantitative estimate of drug-likeness (QED) is 0.808. The zero-order chi connectivity index (χ0) is 10.1. The first-order chi connectivity index (χ1) is 6.66. The van der Waals surface area contributed by atoms with Crippen LogP contribution in [0.5, 0.6) is 17.2 Å². The van der Waals surface area contributed by atoms with Crippen LogP contribution in [0.15, 0.2) is 12.1 Å². The summed E-state index contributed by atoms with van der Waals surface area (Å²) in [7, 11) is 0. The molecule has 1 atom stereocenters. The second kappa shape index (κ2) is 4.59. The number of rotatable bonds is 2. The minimum Gasteiger partial charge on any atom is -0.504 e. The van der Waals surface area contributed by atoms with E-state index < -0.39 is 0 Å². The average molecular weight is 232 g/mol. The normalized spacial score (nSPS) is 14.5. The van der Waals surface area contributed by atoms with Crippen LogP contribution >= 0.6 is 12.4 Å². The molecule has 0 aliphatic carbocycles. The van der Waals surface area contributed by atoms with Crippen molar-refractivity contribution in [3.05, 3.63) is 17.7 Å². The molecule has 2 rings (SSSR count). The summed E-state index contributed by atoms with van der Waals surface area (Å²) in [5.74, 6) is 1.15. The van der Waals surface area contributed by atoms with Crippen LogP contribution in [-0.4, -0.2) is 17.9 Å². The van der Waals surface area contributed by atoms with Gasteiger partial charge in [-0.2, -0.15) is 0 Å². The average Bonchev–Trinajstić information content (AvgIpc) is 2.50. The molecule has 0 saturated heterocycles. The maximum atomic E-state index is 9.58. The minimum absolute atomic E-state index is 0. The van der Waals surface area contributed by atoms with E-state index in [1.807, 2.05) is 13.0 Å². The van der Waals surface area contributed by atoms with Gasteiger partial charge in [-0.3, -0.25) is 0 Å². The van der Waals surface area contributed by atoms with Crippen LogP contribution < -0.4 is 15.2 Å². The predicted octanol–water partition coefficient (Wildman–Crippen LogP) is 1.43. The molecule has 15 heavy (non-hydrogen) atoms. The third-order valence-electron chi connectivity index (χ3n) is 2.07. The number of halogens is 1. The first-order valence-electron chi connectivity index (χ1n) is 4.54. The lowest BCUT2D eigenvalue weighted by molar-refractivity contribution is 0.171. The number of phenols is 1. The van der Waals surface area contributed by atoms with Gasteiger partial charge < -0.3 is 20.3 Å². The highest BCUT2D eigenvalue weighted by Crippen LogP contribution is 2.41. The molecule has 0 fully saturated rings. The molecule has 0 unspecified atom stereocenters. The summed E-state index contributed by atoms with van der Waals surface area (Å²) in [5.41, 5.74) is 6.63. The Balaban J connectivity index is 0.00000112. The molecule has 0 saturated carbocycles. The highest BCUT2D eigenvalue weighted by molar-refractivity contribution is 5.85. The molecule has 0 spiro atoms. The van der Waals surface area contributed by atoms with Crippen LogP contribution in [0.25, 0.3) is 0 Å². The number of nitrogens with two attached hydrogens (primary N) is 1. The van der Waals surface area contributed by atoms with E-state index in [4.69, 9.17) is 15.2 Å². The molecule has 1 aliphatic heterocycles. The van der Waals surface area contributed by atoms with Crippen molar-refractivity contribution in [2.45, 2.75) is 19.4 Å². The van der Waals surface area contributed by atoms with Crippen molar-refractivity contribution >= 4 is 12.4 Å². The molecule has 1 aromatic carbocycles. The van der Waals surface area contributed by atoms with Crippen molar-refractivity contribution in [1.82, 2.24) is 0 Å². The Bertz CT molecular complexity index is 355. The van der Waals surface area contributed by atoms with Crippen molar-refractivity contribution < 1.29 is 14.6 Å². The van der Waals surface area contributed by atoms with E-state index in [-0.39, 0.29) is 31.0 Å². The fourth-order valence-electron chi connectivity index (χ4n) is 1.54. The topological polar surface area (TPSA) is 64.7 Å². The summed E-state index contributed by atoms with van der Waals surface area (Å²) in [6.07, 6.45) is 0.712. The van der Waals surface area contributed by atoms with Crippen LogP contribution in [-0.2, 0) is 6.42 Å². The molecule has 1 aromatic rings. The van der Waals surface area contributed by atoms with E-state index in [9.17, 15) is 5.11 Å². The maximum Gasteiger partial charge on any atom is 0.231 e. The molecule has 3 N–H and O–H groups in total. The van der Waals surface area contributed by atoms with Gasteiger partial charge in [0.2, 0.25) is 12.5 Å². The molecule has 4 nitrogen and oxygen atoms in total.